The number of rotatable bonds is 7. The molecule has 0 atom stereocenters. The Kier molecular flexibility index (Phi) is 5.05. The molecule has 4 aliphatic carbocycles. The molecule has 6 nitrogen and oxygen atoms in total. The van der Waals surface area contributed by atoms with E-state index in [0.29, 0.717) is 17.7 Å². The lowest BCUT2D eigenvalue weighted by Gasteiger charge is -2.56. The zero-order chi connectivity index (χ0) is 20.7. The molecule has 4 aliphatic rings. The van der Waals surface area contributed by atoms with Crippen molar-refractivity contribution in [3.63, 3.8) is 0 Å². The number of carbonyl (C=O) groups is 2. The normalized spacial score (nSPS) is 29.3. The van der Waals surface area contributed by atoms with Crippen molar-refractivity contribution < 1.29 is 23.5 Å². The largest absolute Gasteiger partial charge is 0.450 e. The van der Waals surface area contributed by atoms with E-state index in [9.17, 15) is 9.59 Å². The number of nitrogens with one attached hydrogen (secondary N) is 1. The minimum atomic E-state index is -0.636. The van der Waals surface area contributed by atoms with E-state index in [2.05, 4.69) is 5.32 Å². The van der Waals surface area contributed by atoms with Gasteiger partial charge in [-0.2, -0.15) is 0 Å². The number of esters is 1. The van der Waals surface area contributed by atoms with Crippen LogP contribution in [0.4, 0.5) is 0 Å². The average Bonchev–Trinajstić information content (AvgIpc) is 3.09. The number of furan rings is 1. The summed E-state index contributed by atoms with van der Waals surface area (Å²) >= 11 is 0. The lowest BCUT2D eigenvalue weighted by atomic mass is 9.49. The molecule has 4 fully saturated rings. The highest BCUT2D eigenvalue weighted by Gasteiger charge is 2.50. The van der Waals surface area contributed by atoms with Crippen LogP contribution < -0.4 is 5.32 Å². The van der Waals surface area contributed by atoms with E-state index in [-0.39, 0.29) is 30.3 Å². The second-order valence-electron chi connectivity index (χ2n) is 9.61. The molecular weight excluding hydrogens is 382 g/mol. The van der Waals surface area contributed by atoms with Crippen LogP contribution in [0, 0.1) is 23.2 Å². The summed E-state index contributed by atoms with van der Waals surface area (Å²) < 4.78 is 16.2. The number of fused-ring (bicyclic) bond motifs is 1. The van der Waals surface area contributed by atoms with Crippen LogP contribution in [0.25, 0.3) is 11.0 Å². The molecule has 0 saturated heterocycles. The van der Waals surface area contributed by atoms with E-state index in [1.807, 2.05) is 18.2 Å². The van der Waals surface area contributed by atoms with Gasteiger partial charge in [0.15, 0.2) is 6.61 Å². The lowest BCUT2D eigenvalue weighted by Crippen LogP contribution is -2.51. The minimum Gasteiger partial charge on any atom is -0.450 e. The van der Waals surface area contributed by atoms with Crippen LogP contribution in [0.3, 0.4) is 0 Å². The molecule has 0 radical (unpaired) electrons. The van der Waals surface area contributed by atoms with Gasteiger partial charge in [-0.05, 0) is 67.8 Å². The van der Waals surface area contributed by atoms with Gasteiger partial charge in [0, 0.05) is 24.6 Å². The van der Waals surface area contributed by atoms with Crippen LogP contribution in [0.15, 0.2) is 28.7 Å². The summed E-state index contributed by atoms with van der Waals surface area (Å²) in [5.74, 6) is 1.76. The molecule has 1 amide bonds. The van der Waals surface area contributed by atoms with Crippen LogP contribution in [0.5, 0.6) is 0 Å². The van der Waals surface area contributed by atoms with E-state index < -0.39 is 5.97 Å². The maximum atomic E-state index is 12.6. The maximum absolute atomic E-state index is 12.6. The van der Waals surface area contributed by atoms with Crippen LogP contribution in [-0.2, 0) is 20.9 Å². The zero-order valence-electron chi connectivity index (χ0n) is 17.4. The van der Waals surface area contributed by atoms with E-state index in [1.54, 1.807) is 13.2 Å². The van der Waals surface area contributed by atoms with Crippen molar-refractivity contribution in [1.29, 1.82) is 0 Å². The third kappa shape index (κ3) is 3.62. The predicted molar refractivity (Wildman–Crippen MR) is 111 cm³/mol. The number of ether oxygens (including phenoxy) is 2. The molecule has 1 aromatic carbocycles. The minimum absolute atomic E-state index is 0.104. The molecule has 160 valence electrons. The molecule has 4 bridgehead atoms. The number of methoxy groups -OCH3 is 1. The smallest absolute Gasteiger partial charge is 0.375 e. The van der Waals surface area contributed by atoms with Gasteiger partial charge < -0.3 is 19.2 Å². The Labute approximate surface area is 176 Å². The highest BCUT2D eigenvalue weighted by atomic mass is 16.5. The van der Waals surface area contributed by atoms with Gasteiger partial charge in [0.2, 0.25) is 5.76 Å². The molecule has 2 aromatic rings. The Bertz CT molecular complexity index is 926. The Morgan fingerprint density at radius 3 is 2.43 bits per heavy atom. The van der Waals surface area contributed by atoms with Gasteiger partial charge in [-0.3, -0.25) is 4.79 Å². The fourth-order valence-electron chi connectivity index (χ4n) is 6.59. The quantitative estimate of drug-likeness (QED) is 0.695. The van der Waals surface area contributed by atoms with Gasteiger partial charge in [0.1, 0.15) is 5.58 Å². The Balaban J connectivity index is 1.18. The van der Waals surface area contributed by atoms with Crippen LogP contribution in [-0.4, -0.2) is 32.1 Å². The summed E-state index contributed by atoms with van der Waals surface area (Å²) in [6.07, 6.45) is 7.85. The van der Waals surface area contributed by atoms with E-state index in [4.69, 9.17) is 13.9 Å². The van der Waals surface area contributed by atoms with Gasteiger partial charge in [0.05, 0.1) is 6.61 Å². The molecule has 4 saturated carbocycles. The van der Waals surface area contributed by atoms with Gasteiger partial charge in [-0.25, -0.2) is 4.79 Å². The monoisotopic (exact) mass is 411 g/mol. The number of amides is 1. The lowest BCUT2D eigenvalue weighted by molar-refractivity contribution is -0.126. The van der Waals surface area contributed by atoms with Crippen molar-refractivity contribution in [3.05, 3.63) is 35.6 Å². The molecule has 0 unspecified atom stereocenters. The molecule has 6 heteroatoms. The summed E-state index contributed by atoms with van der Waals surface area (Å²) in [7, 11) is 1.56. The van der Waals surface area contributed by atoms with Crippen molar-refractivity contribution in [2.45, 2.75) is 45.1 Å². The van der Waals surface area contributed by atoms with Crippen molar-refractivity contribution in [1.82, 2.24) is 5.32 Å². The Morgan fingerprint density at radius 1 is 1.10 bits per heavy atom. The van der Waals surface area contributed by atoms with Gasteiger partial charge in [0.25, 0.3) is 5.91 Å². The molecule has 0 spiro atoms. The first-order valence-electron chi connectivity index (χ1n) is 11.0. The molecule has 1 N–H and O–H groups in total. The maximum Gasteiger partial charge on any atom is 0.375 e. The van der Waals surface area contributed by atoms with E-state index in [1.165, 1.54) is 38.5 Å². The van der Waals surface area contributed by atoms with Crippen molar-refractivity contribution in [3.8, 4) is 0 Å². The summed E-state index contributed by atoms with van der Waals surface area (Å²) in [4.78, 5) is 25.0. The number of para-hydroxylation sites is 1. The van der Waals surface area contributed by atoms with Gasteiger partial charge >= 0.3 is 5.97 Å². The van der Waals surface area contributed by atoms with E-state index in [0.717, 1.165) is 23.1 Å². The highest BCUT2D eigenvalue weighted by molar-refractivity contribution is 5.96. The number of benzene rings is 1. The zero-order valence-corrected chi connectivity index (χ0v) is 17.4. The Hall–Kier alpha value is -2.34. The van der Waals surface area contributed by atoms with Crippen LogP contribution >= 0.6 is 0 Å². The predicted octanol–water partition coefficient (Wildman–Crippen LogP) is 4.07. The first-order chi connectivity index (χ1) is 14.5. The molecular formula is C24H29NO5. The third-order valence-corrected chi connectivity index (χ3v) is 7.33. The van der Waals surface area contributed by atoms with Crippen molar-refractivity contribution in [2.24, 2.45) is 23.2 Å². The SMILES string of the molecule is COCc1c(C(=O)OCC(=O)NCC23CC4CC(CC(C4)C2)C3)oc2ccccc12. The van der Waals surface area contributed by atoms with Crippen molar-refractivity contribution >= 4 is 22.8 Å². The van der Waals surface area contributed by atoms with Crippen LogP contribution in [0.2, 0.25) is 0 Å². The summed E-state index contributed by atoms with van der Waals surface area (Å²) in [5, 5.41) is 3.86. The molecule has 1 aromatic heterocycles. The molecule has 0 aliphatic heterocycles. The molecule has 30 heavy (non-hydrogen) atoms. The fraction of sp³-hybridized carbons (Fsp3) is 0.583. The van der Waals surface area contributed by atoms with E-state index >= 15 is 0 Å². The fourth-order valence-corrected chi connectivity index (χ4v) is 6.59. The first-order valence-corrected chi connectivity index (χ1v) is 11.0. The second kappa shape index (κ2) is 7.73. The summed E-state index contributed by atoms with van der Waals surface area (Å²) in [6.45, 7) is 0.640. The Morgan fingerprint density at radius 2 is 1.77 bits per heavy atom. The highest BCUT2D eigenvalue weighted by Crippen LogP contribution is 2.59. The number of carbonyl (C=O) groups excluding carboxylic acids is 2. The van der Waals surface area contributed by atoms with Crippen molar-refractivity contribution in [2.75, 3.05) is 20.3 Å². The van der Waals surface area contributed by atoms with Gasteiger partial charge in [-0.15, -0.1) is 0 Å². The number of hydrogen-bond acceptors (Lipinski definition) is 5. The average molecular weight is 411 g/mol. The third-order valence-electron chi connectivity index (χ3n) is 7.33. The number of hydrogen-bond donors (Lipinski definition) is 1. The van der Waals surface area contributed by atoms with Gasteiger partial charge in [-0.1, -0.05) is 18.2 Å². The standard InChI is InChI=1S/C24H29NO5/c1-28-12-19-18-4-2-3-5-20(18)30-22(19)23(27)29-13-21(26)25-14-24-9-15-6-16(10-24)8-17(7-15)11-24/h2-5,15-17H,6-14H2,1H3,(H,25,26). The molecule has 6 rings (SSSR count). The second-order valence-corrected chi connectivity index (χ2v) is 9.61. The van der Waals surface area contributed by atoms with Crippen LogP contribution in [0.1, 0.15) is 54.6 Å². The topological polar surface area (TPSA) is 77.8 Å². The first kappa shape index (κ1) is 19.6. The molecule has 1 heterocycles. The summed E-state index contributed by atoms with van der Waals surface area (Å²) in [6, 6.07) is 7.39. The summed E-state index contributed by atoms with van der Waals surface area (Å²) in [5.41, 5.74) is 1.51.